The third-order valence-corrected chi connectivity index (χ3v) is 11.1. The van der Waals surface area contributed by atoms with Gasteiger partial charge in [-0.2, -0.15) is 11.8 Å². The highest BCUT2D eigenvalue weighted by atomic mass is 32.2. The lowest BCUT2D eigenvalue weighted by molar-refractivity contribution is -0.141. The Hall–Kier alpha value is -1.56. The molecule has 2 aromatic rings. The van der Waals surface area contributed by atoms with E-state index >= 15 is 0 Å². The molecule has 1 atom stereocenters. The summed E-state index contributed by atoms with van der Waals surface area (Å²) in [6, 6.07) is 17.1. The van der Waals surface area contributed by atoms with Crippen molar-refractivity contribution < 1.29 is 14.7 Å². The van der Waals surface area contributed by atoms with E-state index in [0.717, 1.165) is 5.75 Å². The van der Waals surface area contributed by atoms with Crippen molar-refractivity contribution in [3.8, 4) is 11.1 Å². The lowest BCUT2D eigenvalue weighted by atomic mass is 9.98. The van der Waals surface area contributed by atoms with Crippen molar-refractivity contribution in [1.29, 1.82) is 0 Å². The summed E-state index contributed by atoms with van der Waals surface area (Å²) < 4.78 is 0. The number of rotatable bonds is 8. The van der Waals surface area contributed by atoms with E-state index in [1.54, 1.807) is 11.8 Å². The molecule has 0 aromatic heterocycles. The van der Waals surface area contributed by atoms with Crippen LogP contribution in [0.5, 0.6) is 0 Å². The predicted molar refractivity (Wildman–Crippen MR) is 121 cm³/mol. The van der Waals surface area contributed by atoms with E-state index in [1.165, 1.54) is 22.3 Å². The van der Waals surface area contributed by atoms with Crippen molar-refractivity contribution in [3.63, 3.8) is 0 Å². The van der Waals surface area contributed by atoms with Gasteiger partial charge in [0, 0.05) is 17.4 Å². The zero-order valence-electron chi connectivity index (χ0n) is 17.1. The zero-order chi connectivity index (χ0) is 20.5. The molecule has 0 aliphatic heterocycles. The lowest BCUT2D eigenvalue weighted by Crippen LogP contribution is -2.41. The van der Waals surface area contributed by atoms with Crippen LogP contribution in [0.1, 0.15) is 37.3 Å². The highest BCUT2D eigenvalue weighted by molar-refractivity contribution is 7.99. The first kappa shape index (κ1) is 21.2. The second-order valence-corrected chi connectivity index (χ2v) is 14.5. The number of carbonyl (C=O) groups is 1. The number of hydrogen-bond acceptors (Lipinski definition) is 3. The first-order valence-electron chi connectivity index (χ1n) is 9.83. The number of carboxylic acids is 1. The van der Waals surface area contributed by atoms with Crippen LogP contribution >= 0.6 is 11.8 Å². The van der Waals surface area contributed by atoms with E-state index in [-0.39, 0.29) is 5.04 Å². The Balaban J connectivity index is 1.71. The second kappa shape index (κ2) is 8.05. The first-order chi connectivity index (χ1) is 13.1. The van der Waals surface area contributed by atoms with Gasteiger partial charge in [0.05, 0.1) is 5.92 Å². The number of thioether (sulfide) groups is 1. The molecule has 2 N–H and O–H groups in total. The molecule has 0 fully saturated rings. The van der Waals surface area contributed by atoms with E-state index < -0.39 is 20.2 Å². The minimum atomic E-state index is -2.43. The summed E-state index contributed by atoms with van der Waals surface area (Å²) in [4.78, 5) is 22.4. The minimum Gasteiger partial charge on any atom is -0.481 e. The molecule has 150 valence electrons. The number of carboxylic acid groups (broad SMARTS) is 1. The number of benzene rings is 2. The standard InChI is InChI=1S/C23H30O3SSi/c1-23(2,28(3,4)26)13-16(22(24)25)14-27-15-21-19-11-7-5-9-17(19)18-10-6-8-12-20(18)21/h5-12,16,21,26H,13-15H2,1-4H3,(H,24,25). The molecule has 3 rings (SSSR count). The van der Waals surface area contributed by atoms with Gasteiger partial charge in [-0.3, -0.25) is 4.79 Å². The van der Waals surface area contributed by atoms with Crippen molar-refractivity contribution in [1.82, 2.24) is 0 Å². The van der Waals surface area contributed by atoms with Gasteiger partial charge in [-0.15, -0.1) is 0 Å². The molecule has 0 bridgehead atoms. The Labute approximate surface area is 173 Å². The van der Waals surface area contributed by atoms with Gasteiger partial charge in [-0.25, -0.2) is 0 Å². The average molecular weight is 415 g/mol. The van der Waals surface area contributed by atoms with Gasteiger partial charge in [0.25, 0.3) is 0 Å². The van der Waals surface area contributed by atoms with E-state index in [2.05, 4.69) is 48.5 Å². The summed E-state index contributed by atoms with van der Waals surface area (Å²) in [5.41, 5.74) is 5.28. The average Bonchev–Trinajstić information content (AvgIpc) is 2.94. The van der Waals surface area contributed by atoms with E-state index in [0.29, 0.717) is 18.1 Å². The molecule has 0 amide bonds. The van der Waals surface area contributed by atoms with Crippen LogP contribution in [-0.2, 0) is 4.79 Å². The zero-order valence-corrected chi connectivity index (χ0v) is 18.9. The largest absolute Gasteiger partial charge is 0.481 e. The fraction of sp³-hybridized carbons (Fsp3) is 0.435. The van der Waals surface area contributed by atoms with E-state index in [1.807, 2.05) is 26.9 Å². The molecule has 0 saturated carbocycles. The normalized spacial score (nSPS) is 15.2. The van der Waals surface area contributed by atoms with Gasteiger partial charge in [-0.05, 0) is 46.8 Å². The highest BCUT2D eigenvalue weighted by Crippen LogP contribution is 2.46. The maximum absolute atomic E-state index is 11.8. The summed E-state index contributed by atoms with van der Waals surface area (Å²) in [6.07, 6.45) is 0.517. The fourth-order valence-corrected chi connectivity index (χ4v) is 5.87. The molecule has 0 spiro atoms. The van der Waals surface area contributed by atoms with Gasteiger partial charge >= 0.3 is 5.97 Å². The summed E-state index contributed by atoms with van der Waals surface area (Å²) in [5, 5.41) is 9.40. The minimum absolute atomic E-state index is 0.309. The molecule has 1 aliphatic rings. The summed E-state index contributed by atoms with van der Waals surface area (Å²) in [7, 11) is -2.43. The SMILES string of the molecule is CC(C)(CC(CSCC1c2ccccc2-c2ccccc21)C(=O)O)[Si](C)(C)O. The molecular weight excluding hydrogens is 384 g/mol. The molecule has 1 aliphatic carbocycles. The summed E-state index contributed by atoms with van der Waals surface area (Å²) in [5.74, 6) is 0.558. The highest BCUT2D eigenvalue weighted by Gasteiger charge is 2.41. The Morgan fingerprint density at radius 1 is 1.07 bits per heavy atom. The Kier molecular flexibility index (Phi) is 6.08. The maximum atomic E-state index is 11.8. The van der Waals surface area contributed by atoms with Crippen LogP contribution in [0.25, 0.3) is 11.1 Å². The van der Waals surface area contributed by atoms with Crippen molar-refractivity contribution in [2.75, 3.05) is 11.5 Å². The lowest BCUT2D eigenvalue weighted by Gasteiger charge is -2.36. The smallest absolute Gasteiger partial charge is 0.307 e. The number of aliphatic carboxylic acids is 1. The first-order valence-corrected chi connectivity index (χ1v) is 13.9. The summed E-state index contributed by atoms with van der Waals surface area (Å²) >= 11 is 1.72. The van der Waals surface area contributed by atoms with Crippen molar-refractivity contribution in [2.45, 2.75) is 44.3 Å². The molecule has 5 heteroatoms. The quantitative estimate of drug-likeness (QED) is 0.552. The number of fused-ring (bicyclic) bond motifs is 3. The van der Waals surface area contributed by atoms with Crippen LogP contribution in [0.4, 0.5) is 0 Å². The van der Waals surface area contributed by atoms with Crippen LogP contribution in [0.3, 0.4) is 0 Å². The third-order valence-electron chi connectivity index (χ3n) is 6.33. The van der Waals surface area contributed by atoms with Crippen LogP contribution in [-0.4, -0.2) is 35.7 Å². The van der Waals surface area contributed by atoms with Crippen LogP contribution in [0, 0.1) is 5.92 Å². The third kappa shape index (κ3) is 4.21. The Morgan fingerprint density at radius 3 is 2.04 bits per heavy atom. The van der Waals surface area contributed by atoms with Gasteiger partial charge in [0.1, 0.15) is 0 Å². The molecular formula is C23H30O3SSi. The second-order valence-electron chi connectivity index (χ2n) is 8.95. The van der Waals surface area contributed by atoms with E-state index in [9.17, 15) is 14.7 Å². The van der Waals surface area contributed by atoms with Crippen molar-refractivity contribution in [3.05, 3.63) is 59.7 Å². The fourth-order valence-electron chi connectivity index (χ4n) is 3.85. The topological polar surface area (TPSA) is 57.5 Å². The maximum Gasteiger partial charge on any atom is 0.307 e. The molecule has 3 nitrogen and oxygen atoms in total. The molecule has 2 aromatic carbocycles. The summed E-state index contributed by atoms with van der Waals surface area (Å²) in [6.45, 7) is 7.80. The van der Waals surface area contributed by atoms with Gasteiger partial charge < -0.3 is 9.90 Å². The molecule has 28 heavy (non-hydrogen) atoms. The van der Waals surface area contributed by atoms with Crippen molar-refractivity contribution in [2.24, 2.45) is 5.92 Å². The molecule has 0 radical (unpaired) electrons. The van der Waals surface area contributed by atoms with Gasteiger partial charge in [0.15, 0.2) is 8.32 Å². The molecule has 0 saturated heterocycles. The Bertz CT molecular complexity index is 811. The van der Waals surface area contributed by atoms with Gasteiger partial charge in [-0.1, -0.05) is 62.4 Å². The van der Waals surface area contributed by atoms with Crippen LogP contribution in [0.2, 0.25) is 18.1 Å². The van der Waals surface area contributed by atoms with Crippen LogP contribution < -0.4 is 0 Å². The monoisotopic (exact) mass is 414 g/mol. The van der Waals surface area contributed by atoms with Gasteiger partial charge in [0.2, 0.25) is 0 Å². The van der Waals surface area contributed by atoms with E-state index in [4.69, 9.17) is 0 Å². The van der Waals surface area contributed by atoms with Crippen molar-refractivity contribution >= 4 is 26.0 Å². The Morgan fingerprint density at radius 2 is 1.57 bits per heavy atom. The predicted octanol–water partition coefficient (Wildman–Crippen LogP) is 5.60. The molecule has 1 unspecified atom stereocenters. The molecule has 0 heterocycles. The number of hydrogen-bond donors (Lipinski definition) is 2. The van der Waals surface area contributed by atoms with Crippen LogP contribution in [0.15, 0.2) is 48.5 Å².